The summed E-state index contributed by atoms with van der Waals surface area (Å²) in [6.45, 7) is 0. The molecule has 0 spiro atoms. The summed E-state index contributed by atoms with van der Waals surface area (Å²) in [7, 11) is 0. The molecule has 3 nitrogen and oxygen atoms in total. The van der Waals surface area contributed by atoms with E-state index in [4.69, 9.17) is 0 Å². The van der Waals surface area contributed by atoms with Crippen molar-refractivity contribution < 1.29 is 5.11 Å². The molecule has 0 amide bonds. The minimum absolute atomic E-state index is 0.291. The van der Waals surface area contributed by atoms with E-state index < -0.39 is 0 Å². The van der Waals surface area contributed by atoms with Crippen LogP contribution >= 0.6 is 0 Å². The van der Waals surface area contributed by atoms with Gasteiger partial charge in [-0.05, 0) is 35.0 Å². The first-order chi connectivity index (χ1) is 8.83. The van der Waals surface area contributed by atoms with Crippen LogP contribution < -0.4 is 0 Å². The molecule has 0 bridgehead atoms. The van der Waals surface area contributed by atoms with Gasteiger partial charge in [-0.25, -0.2) is 0 Å². The molecule has 0 radical (unpaired) electrons. The van der Waals surface area contributed by atoms with Crippen LogP contribution in [0.4, 0.5) is 0 Å². The number of fused-ring (bicyclic) bond motifs is 5. The van der Waals surface area contributed by atoms with Gasteiger partial charge in [0.05, 0.1) is 0 Å². The van der Waals surface area contributed by atoms with Crippen molar-refractivity contribution in [1.29, 1.82) is 0 Å². The van der Waals surface area contributed by atoms with Crippen molar-refractivity contribution in [2.45, 2.75) is 0 Å². The summed E-state index contributed by atoms with van der Waals surface area (Å²) in [5.74, 6) is 0.291. The molecule has 0 atom stereocenters. The molecule has 0 unspecified atom stereocenters. The second kappa shape index (κ2) is 3.23. The van der Waals surface area contributed by atoms with Crippen LogP contribution in [0.25, 0.3) is 32.6 Å². The lowest BCUT2D eigenvalue weighted by Crippen LogP contribution is -1.75. The van der Waals surface area contributed by atoms with Crippen molar-refractivity contribution in [3.8, 4) is 5.75 Å². The van der Waals surface area contributed by atoms with Crippen molar-refractivity contribution in [3.63, 3.8) is 0 Å². The van der Waals surface area contributed by atoms with E-state index in [0.29, 0.717) is 5.75 Å². The zero-order chi connectivity index (χ0) is 12.1. The Bertz CT molecular complexity index is 893. The third kappa shape index (κ3) is 1.16. The van der Waals surface area contributed by atoms with Crippen molar-refractivity contribution in [2.75, 3.05) is 0 Å². The quantitative estimate of drug-likeness (QED) is 0.488. The highest BCUT2D eigenvalue weighted by Crippen LogP contribution is 2.32. The van der Waals surface area contributed by atoms with Crippen LogP contribution in [0.2, 0.25) is 0 Å². The van der Waals surface area contributed by atoms with Gasteiger partial charge in [0.2, 0.25) is 0 Å². The molecular weight excluding hydrogens is 224 g/mol. The molecule has 0 aliphatic heterocycles. The number of aromatic amines is 1. The Hall–Kier alpha value is -2.55. The second-order valence-electron chi connectivity index (χ2n) is 4.44. The summed E-state index contributed by atoms with van der Waals surface area (Å²) >= 11 is 0. The molecule has 18 heavy (non-hydrogen) atoms. The number of H-pyrrole nitrogens is 1. The number of phenols is 1. The Morgan fingerprint density at radius 1 is 0.944 bits per heavy atom. The maximum atomic E-state index is 9.55. The lowest BCUT2D eigenvalue weighted by molar-refractivity contribution is 0.476. The number of nitrogens with zero attached hydrogens (tertiary/aromatic N) is 1. The number of benzene rings is 2. The summed E-state index contributed by atoms with van der Waals surface area (Å²) in [6, 6.07) is 11.5. The van der Waals surface area contributed by atoms with E-state index in [2.05, 4.69) is 9.97 Å². The highest BCUT2D eigenvalue weighted by Gasteiger charge is 2.08. The third-order valence-corrected chi connectivity index (χ3v) is 3.36. The Morgan fingerprint density at radius 3 is 2.83 bits per heavy atom. The van der Waals surface area contributed by atoms with Crippen LogP contribution in [-0.2, 0) is 0 Å². The number of nitrogens with one attached hydrogen (secondary N) is 1. The molecule has 0 aliphatic rings. The van der Waals surface area contributed by atoms with Crippen molar-refractivity contribution in [3.05, 3.63) is 48.8 Å². The van der Waals surface area contributed by atoms with Gasteiger partial charge in [-0.2, -0.15) is 0 Å². The van der Waals surface area contributed by atoms with Crippen LogP contribution in [0.3, 0.4) is 0 Å². The summed E-state index contributed by atoms with van der Waals surface area (Å²) in [4.78, 5) is 7.57. The van der Waals surface area contributed by atoms with Crippen LogP contribution in [0.15, 0.2) is 48.8 Å². The summed E-state index contributed by atoms with van der Waals surface area (Å²) in [5.41, 5.74) is 2.18. The summed E-state index contributed by atoms with van der Waals surface area (Å²) in [5, 5.41) is 14.0. The Morgan fingerprint density at radius 2 is 1.89 bits per heavy atom. The minimum atomic E-state index is 0.291. The molecule has 4 aromatic rings. The van der Waals surface area contributed by atoms with E-state index in [1.165, 1.54) is 0 Å². The number of aromatic nitrogens is 2. The Balaban J connectivity index is 2.32. The van der Waals surface area contributed by atoms with Crippen molar-refractivity contribution in [2.24, 2.45) is 0 Å². The fourth-order valence-corrected chi connectivity index (χ4v) is 2.56. The average molecular weight is 234 g/mol. The first kappa shape index (κ1) is 9.48. The zero-order valence-electron chi connectivity index (χ0n) is 9.51. The van der Waals surface area contributed by atoms with Crippen molar-refractivity contribution >= 4 is 32.6 Å². The Labute approximate surface area is 103 Å². The van der Waals surface area contributed by atoms with Gasteiger partial charge < -0.3 is 10.1 Å². The molecule has 2 heterocycles. The summed E-state index contributed by atoms with van der Waals surface area (Å²) in [6.07, 6.45) is 3.66. The molecular formula is C15H10N2O. The van der Waals surface area contributed by atoms with Gasteiger partial charge in [-0.1, -0.05) is 12.1 Å². The first-order valence-corrected chi connectivity index (χ1v) is 5.80. The Kier molecular flexibility index (Phi) is 1.70. The predicted molar refractivity (Wildman–Crippen MR) is 72.8 cm³/mol. The largest absolute Gasteiger partial charge is 0.508 e. The standard InChI is InChI=1S/C15H10N2O/c18-10-2-3-11-9(7-10)1-4-14-15(11)12-8-16-6-5-13(12)17-14/h1-8,17-18H. The first-order valence-electron chi connectivity index (χ1n) is 5.80. The molecule has 2 N–H and O–H groups in total. The molecule has 0 saturated heterocycles. The number of rotatable bonds is 0. The van der Waals surface area contributed by atoms with E-state index in [0.717, 1.165) is 32.6 Å². The monoisotopic (exact) mass is 234 g/mol. The lowest BCUT2D eigenvalue weighted by Gasteiger charge is -2.01. The second-order valence-corrected chi connectivity index (χ2v) is 4.44. The highest BCUT2D eigenvalue weighted by atomic mass is 16.3. The molecule has 86 valence electrons. The maximum absolute atomic E-state index is 9.55. The molecule has 2 aromatic carbocycles. The molecule has 0 aliphatic carbocycles. The molecule has 0 saturated carbocycles. The normalized spacial score (nSPS) is 11.6. The van der Waals surface area contributed by atoms with E-state index in [1.54, 1.807) is 18.3 Å². The van der Waals surface area contributed by atoms with E-state index in [1.807, 2.05) is 30.5 Å². The van der Waals surface area contributed by atoms with Gasteiger partial charge in [0.1, 0.15) is 5.75 Å². The van der Waals surface area contributed by atoms with Gasteiger partial charge in [0, 0.05) is 34.2 Å². The van der Waals surface area contributed by atoms with Gasteiger partial charge >= 0.3 is 0 Å². The van der Waals surface area contributed by atoms with E-state index in [-0.39, 0.29) is 0 Å². The van der Waals surface area contributed by atoms with Crippen LogP contribution in [0.1, 0.15) is 0 Å². The van der Waals surface area contributed by atoms with Gasteiger partial charge in [0.15, 0.2) is 0 Å². The SMILES string of the molecule is Oc1ccc2c(ccc3[nH]c4ccncc4c32)c1. The predicted octanol–water partition coefficient (Wildman–Crippen LogP) is 3.57. The lowest BCUT2D eigenvalue weighted by atomic mass is 10.0. The number of pyridine rings is 1. The molecule has 2 aromatic heterocycles. The summed E-state index contributed by atoms with van der Waals surface area (Å²) < 4.78 is 0. The fraction of sp³-hybridized carbons (Fsp3) is 0. The molecule has 3 heteroatoms. The number of hydrogen-bond acceptors (Lipinski definition) is 2. The van der Waals surface area contributed by atoms with E-state index in [9.17, 15) is 5.11 Å². The third-order valence-electron chi connectivity index (χ3n) is 3.36. The van der Waals surface area contributed by atoms with E-state index >= 15 is 0 Å². The average Bonchev–Trinajstić information content (AvgIpc) is 2.77. The zero-order valence-corrected chi connectivity index (χ0v) is 9.51. The highest BCUT2D eigenvalue weighted by molar-refractivity contribution is 6.19. The van der Waals surface area contributed by atoms with Crippen LogP contribution in [-0.4, -0.2) is 15.1 Å². The minimum Gasteiger partial charge on any atom is -0.508 e. The van der Waals surface area contributed by atoms with Crippen molar-refractivity contribution in [1.82, 2.24) is 9.97 Å². The number of aromatic hydroxyl groups is 1. The van der Waals surface area contributed by atoms with Crippen LogP contribution in [0, 0.1) is 0 Å². The van der Waals surface area contributed by atoms with Crippen LogP contribution in [0.5, 0.6) is 5.75 Å². The topological polar surface area (TPSA) is 48.9 Å². The maximum Gasteiger partial charge on any atom is 0.116 e. The molecule has 0 fully saturated rings. The fourth-order valence-electron chi connectivity index (χ4n) is 2.56. The van der Waals surface area contributed by atoms with Gasteiger partial charge in [-0.15, -0.1) is 0 Å². The number of phenolic OH excluding ortho intramolecular Hbond substituents is 1. The van der Waals surface area contributed by atoms with Gasteiger partial charge in [0.25, 0.3) is 0 Å². The molecule has 4 rings (SSSR count). The number of hydrogen-bond donors (Lipinski definition) is 2. The smallest absolute Gasteiger partial charge is 0.116 e. The van der Waals surface area contributed by atoms with Gasteiger partial charge in [-0.3, -0.25) is 4.98 Å².